The Hall–Kier alpha value is -4.00. The number of fused-ring (bicyclic) bond motifs is 1. The highest BCUT2D eigenvalue weighted by Crippen LogP contribution is 2.24. The van der Waals surface area contributed by atoms with Gasteiger partial charge in [0.15, 0.2) is 0 Å². The van der Waals surface area contributed by atoms with Gasteiger partial charge >= 0.3 is 0 Å². The van der Waals surface area contributed by atoms with Crippen LogP contribution < -0.4 is 5.32 Å². The van der Waals surface area contributed by atoms with Crippen molar-refractivity contribution in [1.29, 1.82) is 0 Å². The van der Waals surface area contributed by atoms with Crippen LogP contribution in [0.25, 0.3) is 0 Å². The summed E-state index contributed by atoms with van der Waals surface area (Å²) >= 11 is 0. The maximum atomic E-state index is 12.8. The SMILES string of the molecule is C=CCN1C(=O)c2ccc(C(=O)Nc3ccnn3Cc3ccc(CC)cc3)cc2C1=O. The fourth-order valence-corrected chi connectivity index (χ4v) is 3.53. The van der Waals surface area contributed by atoms with Gasteiger partial charge in [0.2, 0.25) is 0 Å². The van der Waals surface area contributed by atoms with Gasteiger partial charge in [-0.05, 0) is 35.7 Å². The predicted octanol–water partition coefficient (Wildman–Crippen LogP) is 3.53. The largest absolute Gasteiger partial charge is 0.307 e. The second kappa shape index (κ2) is 8.39. The topological polar surface area (TPSA) is 84.3 Å². The molecule has 7 heteroatoms. The molecule has 0 radical (unpaired) electrons. The van der Waals surface area contributed by atoms with Gasteiger partial charge in [0.05, 0.1) is 23.9 Å². The quantitative estimate of drug-likeness (QED) is 0.474. The predicted molar refractivity (Wildman–Crippen MR) is 117 cm³/mol. The molecule has 3 aromatic rings. The molecule has 0 saturated heterocycles. The zero-order chi connectivity index (χ0) is 22.0. The minimum Gasteiger partial charge on any atom is -0.307 e. The van der Waals surface area contributed by atoms with E-state index in [0.717, 1.165) is 16.9 Å². The van der Waals surface area contributed by atoms with Gasteiger partial charge in [-0.1, -0.05) is 37.3 Å². The van der Waals surface area contributed by atoms with E-state index in [4.69, 9.17) is 0 Å². The van der Waals surface area contributed by atoms with E-state index in [1.807, 2.05) is 12.1 Å². The van der Waals surface area contributed by atoms with Crippen molar-refractivity contribution in [2.75, 3.05) is 11.9 Å². The molecule has 31 heavy (non-hydrogen) atoms. The number of rotatable bonds is 7. The van der Waals surface area contributed by atoms with Crippen LogP contribution in [0.5, 0.6) is 0 Å². The van der Waals surface area contributed by atoms with E-state index in [1.165, 1.54) is 23.8 Å². The van der Waals surface area contributed by atoms with E-state index in [9.17, 15) is 14.4 Å². The third kappa shape index (κ3) is 3.90. The molecular formula is C24H22N4O3. The fraction of sp³-hybridized carbons (Fsp3) is 0.167. The van der Waals surface area contributed by atoms with Crippen molar-refractivity contribution in [3.8, 4) is 0 Å². The smallest absolute Gasteiger partial charge is 0.261 e. The number of carbonyl (C=O) groups excluding carboxylic acids is 3. The lowest BCUT2D eigenvalue weighted by Crippen LogP contribution is -2.29. The molecule has 7 nitrogen and oxygen atoms in total. The van der Waals surface area contributed by atoms with E-state index in [-0.39, 0.29) is 23.9 Å². The molecule has 0 atom stereocenters. The average molecular weight is 414 g/mol. The molecule has 0 spiro atoms. The first-order valence-corrected chi connectivity index (χ1v) is 10.0. The number of hydrogen-bond acceptors (Lipinski definition) is 4. The van der Waals surface area contributed by atoms with E-state index >= 15 is 0 Å². The number of aromatic nitrogens is 2. The number of anilines is 1. The van der Waals surface area contributed by atoms with Crippen LogP contribution in [0.2, 0.25) is 0 Å². The molecule has 0 unspecified atom stereocenters. The van der Waals surface area contributed by atoms with E-state index < -0.39 is 5.91 Å². The Morgan fingerprint density at radius 3 is 2.45 bits per heavy atom. The lowest BCUT2D eigenvalue weighted by Gasteiger charge is -2.10. The number of carbonyl (C=O) groups is 3. The molecule has 1 aliphatic rings. The second-order valence-corrected chi connectivity index (χ2v) is 7.27. The van der Waals surface area contributed by atoms with Crippen LogP contribution in [0, 0.1) is 0 Å². The monoisotopic (exact) mass is 414 g/mol. The Kier molecular flexibility index (Phi) is 5.49. The Morgan fingerprint density at radius 2 is 1.74 bits per heavy atom. The van der Waals surface area contributed by atoms with Crippen molar-refractivity contribution in [2.45, 2.75) is 19.9 Å². The van der Waals surface area contributed by atoms with Crippen LogP contribution in [-0.4, -0.2) is 38.9 Å². The van der Waals surface area contributed by atoms with Gasteiger partial charge < -0.3 is 5.32 Å². The summed E-state index contributed by atoms with van der Waals surface area (Å²) in [4.78, 5) is 38.8. The number of imide groups is 1. The summed E-state index contributed by atoms with van der Waals surface area (Å²) in [5.74, 6) is -0.636. The summed E-state index contributed by atoms with van der Waals surface area (Å²) in [6, 6.07) is 14.5. The molecule has 2 aromatic carbocycles. The van der Waals surface area contributed by atoms with Crippen molar-refractivity contribution < 1.29 is 14.4 Å². The third-order valence-corrected chi connectivity index (χ3v) is 5.27. The molecule has 4 rings (SSSR count). The molecule has 156 valence electrons. The molecule has 0 bridgehead atoms. The number of nitrogens with one attached hydrogen (secondary N) is 1. The second-order valence-electron chi connectivity index (χ2n) is 7.27. The van der Waals surface area contributed by atoms with Crippen LogP contribution in [0.15, 0.2) is 67.4 Å². The van der Waals surface area contributed by atoms with Crippen molar-refractivity contribution in [1.82, 2.24) is 14.7 Å². The fourth-order valence-electron chi connectivity index (χ4n) is 3.53. The van der Waals surface area contributed by atoms with Gasteiger partial charge in [-0.2, -0.15) is 5.10 Å². The summed E-state index contributed by atoms with van der Waals surface area (Å²) in [7, 11) is 0. The summed E-state index contributed by atoms with van der Waals surface area (Å²) in [6.07, 6.45) is 4.09. The number of amides is 3. The third-order valence-electron chi connectivity index (χ3n) is 5.27. The number of benzene rings is 2. The standard InChI is InChI=1S/C24H22N4O3/c1-3-13-27-23(30)19-10-9-18(14-20(19)24(27)31)22(29)26-21-11-12-25-28(21)15-17-7-5-16(4-2)6-8-17/h3,5-12,14H,1,4,13,15H2,2H3,(H,26,29). The average Bonchev–Trinajstić information content (AvgIpc) is 3.31. The van der Waals surface area contributed by atoms with Crippen LogP contribution in [-0.2, 0) is 13.0 Å². The first-order chi connectivity index (χ1) is 15.0. The van der Waals surface area contributed by atoms with Gasteiger partial charge in [0.1, 0.15) is 5.82 Å². The summed E-state index contributed by atoms with van der Waals surface area (Å²) in [5.41, 5.74) is 3.14. The number of nitrogens with zero attached hydrogens (tertiary/aromatic N) is 3. The minimum absolute atomic E-state index is 0.131. The molecule has 2 heterocycles. The maximum absolute atomic E-state index is 12.8. The van der Waals surface area contributed by atoms with Gasteiger partial charge in [-0.3, -0.25) is 19.3 Å². The van der Waals surface area contributed by atoms with Crippen LogP contribution in [0.1, 0.15) is 49.1 Å². The van der Waals surface area contributed by atoms with Gasteiger partial charge in [0, 0.05) is 18.2 Å². The van der Waals surface area contributed by atoms with Crippen LogP contribution in [0.3, 0.4) is 0 Å². The van der Waals surface area contributed by atoms with E-state index in [2.05, 4.69) is 36.1 Å². The highest BCUT2D eigenvalue weighted by Gasteiger charge is 2.35. The lowest BCUT2D eigenvalue weighted by atomic mass is 10.1. The van der Waals surface area contributed by atoms with E-state index in [0.29, 0.717) is 23.5 Å². The highest BCUT2D eigenvalue weighted by atomic mass is 16.2. The zero-order valence-corrected chi connectivity index (χ0v) is 17.2. The van der Waals surface area contributed by atoms with E-state index in [1.54, 1.807) is 23.0 Å². The summed E-state index contributed by atoms with van der Waals surface area (Å²) < 4.78 is 1.70. The maximum Gasteiger partial charge on any atom is 0.261 e. The number of hydrogen-bond donors (Lipinski definition) is 1. The molecule has 0 saturated carbocycles. The first-order valence-electron chi connectivity index (χ1n) is 10.0. The first kappa shape index (κ1) is 20.3. The Labute approximate surface area is 180 Å². The van der Waals surface area contributed by atoms with Crippen molar-refractivity contribution in [2.24, 2.45) is 0 Å². The van der Waals surface area contributed by atoms with Crippen molar-refractivity contribution in [3.63, 3.8) is 0 Å². The molecule has 1 aromatic heterocycles. The van der Waals surface area contributed by atoms with Gasteiger partial charge in [-0.25, -0.2) is 4.68 Å². The Morgan fingerprint density at radius 1 is 1.03 bits per heavy atom. The van der Waals surface area contributed by atoms with Crippen LogP contribution >= 0.6 is 0 Å². The molecular weight excluding hydrogens is 392 g/mol. The lowest BCUT2D eigenvalue weighted by molar-refractivity contribution is 0.0672. The van der Waals surface area contributed by atoms with Crippen LogP contribution in [0.4, 0.5) is 5.82 Å². The normalized spacial score (nSPS) is 12.7. The molecule has 0 fully saturated rings. The Bertz CT molecular complexity index is 1180. The van der Waals surface area contributed by atoms with Gasteiger partial charge in [-0.15, -0.1) is 6.58 Å². The highest BCUT2D eigenvalue weighted by molar-refractivity contribution is 6.22. The summed E-state index contributed by atoms with van der Waals surface area (Å²) in [6.45, 7) is 6.32. The zero-order valence-electron chi connectivity index (χ0n) is 17.2. The molecule has 3 amide bonds. The molecule has 1 N–H and O–H groups in total. The summed E-state index contributed by atoms with van der Waals surface area (Å²) in [5, 5.41) is 7.14. The molecule has 1 aliphatic heterocycles. The van der Waals surface area contributed by atoms with Crippen molar-refractivity contribution in [3.05, 3.63) is 95.2 Å². The molecule has 0 aliphatic carbocycles. The number of aryl methyl sites for hydroxylation is 1. The van der Waals surface area contributed by atoms with Crippen molar-refractivity contribution >= 4 is 23.5 Å². The Balaban J connectivity index is 1.51. The van der Waals surface area contributed by atoms with Gasteiger partial charge in [0.25, 0.3) is 17.7 Å². The minimum atomic E-state index is -0.421.